The highest BCUT2D eigenvalue weighted by atomic mass is 79.9. The van der Waals surface area contributed by atoms with E-state index in [2.05, 4.69) is 21.2 Å². The molecule has 20 heavy (non-hydrogen) atoms. The molecule has 0 bridgehead atoms. The molecular weight excluding hydrogens is 330 g/mol. The van der Waals surface area contributed by atoms with E-state index in [1.165, 1.54) is 18.2 Å². The average molecular weight is 337 g/mol. The maximum Gasteiger partial charge on any atom is 0.255 e. The summed E-state index contributed by atoms with van der Waals surface area (Å²) in [5.74, 6) is -1.57. The van der Waals surface area contributed by atoms with Crippen LogP contribution in [0, 0.1) is 23.0 Å². The van der Waals surface area contributed by atoms with E-state index in [0.717, 1.165) is 18.2 Å². The van der Waals surface area contributed by atoms with Crippen LogP contribution in [-0.4, -0.2) is 5.91 Å². The third kappa shape index (κ3) is 3.00. The number of amides is 1. The van der Waals surface area contributed by atoms with Gasteiger partial charge < -0.3 is 5.32 Å². The van der Waals surface area contributed by atoms with Crippen LogP contribution in [-0.2, 0) is 0 Å². The van der Waals surface area contributed by atoms with Crippen molar-refractivity contribution in [2.75, 3.05) is 5.32 Å². The third-order valence-corrected chi connectivity index (χ3v) is 3.14. The molecule has 0 aliphatic rings. The zero-order valence-electron chi connectivity index (χ0n) is 9.95. The maximum absolute atomic E-state index is 13.1. The molecule has 2 aromatic rings. The number of hydrogen-bond acceptors (Lipinski definition) is 2. The van der Waals surface area contributed by atoms with Crippen LogP contribution in [0.25, 0.3) is 0 Å². The highest BCUT2D eigenvalue weighted by Crippen LogP contribution is 2.20. The molecular formula is C14H7BrF2N2O. The highest BCUT2D eigenvalue weighted by Gasteiger charge is 2.11. The van der Waals surface area contributed by atoms with Crippen LogP contribution in [0.1, 0.15) is 15.9 Å². The van der Waals surface area contributed by atoms with E-state index >= 15 is 0 Å². The Bertz CT molecular complexity index is 726. The van der Waals surface area contributed by atoms with E-state index in [9.17, 15) is 13.6 Å². The minimum absolute atomic E-state index is 0.0135. The van der Waals surface area contributed by atoms with Gasteiger partial charge in [-0.25, -0.2) is 8.78 Å². The van der Waals surface area contributed by atoms with Gasteiger partial charge in [0.15, 0.2) is 0 Å². The fraction of sp³-hybridized carbons (Fsp3) is 0. The summed E-state index contributed by atoms with van der Waals surface area (Å²) < 4.78 is 26.2. The number of carbonyl (C=O) groups is 1. The van der Waals surface area contributed by atoms with Gasteiger partial charge in [0.05, 0.1) is 15.7 Å². The lowest BCUT2D eigenvalue weighted by molar-refractivity contribution is 0.102. The summed E-state index contributed by atoms with van der Waals surface area (Å²) in [5, 5.41) is 11.4. The molecule has 2 rings (SSSR count). The molecule has 0 saturated heterocycles. The van der Waals surface area contributed by atoms with Crippen LogP contribution in [0.2, 0.25) is 0 Å². The Morgan fingerprint density at radius 1 is 1.20 bits per heavy atom. The van der Waals surface area contributed by atoms with Crippen molar-refractivity contribution in [3.8, 4) is 6.07 Å². The topological polar surface area (TPSA) is 52.9 Å². The minimum atomic E-state index is -0.566. The normalized spacial score (nSPS) is 9.90. The largest absolute Gasteiger partial charge is 0.321 e. The first-order chi connectivity index (χ1) is 9.51. The summed E-state index contributed by atoms with van der Waals surface area (Å²) in [5.41, 5.74) is 0.422. The van der Waals surface area contributed by atoms with E-state index < -0.39 is 17.5 Å². The second-order valence-electron chi connectivity index (χ2n) is 3.88. The van der Waals surface area contributed by atoms with Gasteiger partial charge in [0, 0.05) is 5.56 Å². The molecule has 0 atom stereocenters. The van der Waals surface area contributed by atoms with Crippen LogP contribution < -0.4 is 5.32 Å². The number of nitriles is 1. The number of hydrogen-bond donors (Lipinski definition) is 1. The lowest BCUT2D eigenvalue weighted by atomic mass is 10.1. The van der Waals surface area contributed by atoms with Gasteiger partial charge in [-0.3, -0.25) is 4.79 Å². The first-order valence-electron chi connectivity index (χ1n) is 5.47. The molecule has 0 aromatic heterocycles. The van der Waals surface area contributed by atoms with E-state index in [1.807, 2.05) is 0 Å². The van der Waals surface area contributed by atoms with Gasteiger partial charge in [-0.05, 0) is 52.3 Å². The monoisotopic (exact) mass is 336 g/mol. The lowest BCUT2D eigenvalue weighted by Crippen LogP contribution is -2.13. The van der Waals surface area contributed by atoms with Gasteiger partial charge in [0.25, 0.3) is 5.91 Å². The summed E-state index contributed by atoms with van der Waals surface area (Å²) in [6, 6.07) is 9.02. The average Bonchev–Trinajstić information content (AvgIpc) is 2.43. The quantitative estimate of drug-likeness (QED) is 0.905. The standard InChI is InChI=1S/C14H7BrF2N2O/c15-11-6-8(1-3-12(11)17)14(20)19-13-4-2-10(16)5-9(13)7-18/h1-6H,(H,19,20). The SMILES string of the molecule is N#Cc1cc(F)ccc1NC(=O)c1ccc(F)c(Br)c1. The van der Waals surface area contributed by atoms with Crippen LogP contribution >= 0.6 is 15.9 Å². The van der Waals surface area contributed by atoms with Crippen LogP contribution in [0.5, 0.6) is 0 Å². The summed E-state index contributed by atoms with van der Waals surface area (Å²) in [6.45, 7) is 0. The Hall–Kier alpha value is -2.26. The Labute approximate surface area is 122 Å². The summed E-state index contributed by atoms with van der Waals surface area (Å²) >= 11 is 2.98. The summed E-state index contributed by atoms with van der Waals surface area (Å²) in [4.78, 5) is 12.0. The molecule has 2 aromatic carbocycles. The van der Waals surface area contributed by atoms with Gasteiger partial charge in [-0.2, -0.15) is 5.26 Å². The molecule has 0 aliphatic carbocycles. The Balaban J connectivity index is 2.28. The van der Waals surface area contributed by atoms with Crippen LogP contribution in [0.15, 0.2) is 40.9 Å². The molecule has 0 aliphatic heterocycles. The van der Waals surface area contributed by atoms with Crippen LogP contribution in [0.4, 0.5) is 14.5 Å². The number of nitrogens with one attached hydrogen (secondary N) is 1. The van der Waals surface area contributed by atoms with Crippen molar-refractivity contribution in [3.05, 3.63) is 63.6 Å². The molecule has 0 saturated carbocycles. The number of anilines is 1. The molecule has 1 N–H and O–H groups in total. The summed E-state index contributed by atoms with van der Waals surface area (Å²) in [7, 11) is 0. The molecule has 0 radical (unpaired) electrons. The van der Waals surface area contributed by atoms with E-state index in [4.69, 9.17) is 5.26 Å². The third-order valence-electron chi connectivity index (χ3n) is 2.53. The zero-order valence-corrected chi connectivity index (χ0v) is 11.5. The predicted octanol–water partition coefficient (Wildman–Crippen LogP) is 3.85. The minimum Gasteiger partial charge on any atom is -0.321 e. The van der Waals surface area contributed by atoms with Crippen molar-refractivity contribution in [1.82, 2.24) is 0 Å². The van der Waals surface area contributed by atoms with Crippen molar-refractivity contribution in [2.24, 2.45) is 0 Å². The summed E-state index contributed by atoms with van der Waals surface area (Å²) in [6.07, 6.45) is 0. The first kappa shape index (κ1) is 14.2. The van der Waals surface area contributed by atoms with Gasteiger partial charge >= 0.3 is 0 Å². The Morgan fingerprint density at radius 3 is 2.60 bits per heavy atom. The molecule has 0 heterocycles. The first-order valence-corrected chi connectivity index (χ1v) is 6.26. The van der Waals surface area contributed by atoms with Gasteiger partial charge in [-0.1, -0.05) is 0 Å². The molecule has 6 heteroatoms. The van der Waals surface area contributed by atoms with Crippen molar-refractivity contribution in [1.29, 1.82) is 5.26 Å². The fourth-order valence-electron chi connectivity index (χ4n) is 1.55. The smallest absolute Gasteiger partial charge is 0.255 e. The zero-order chi connectivity index (χ0) is 14.7. The van der Waals surface area contributed by atoms with Gasteiger partial charge in [-0.15, -0.1) is 0 Å². The van der Waals surface area contributed by atoms with Crippen molar-refractivity contribution < 1.29 is 13.6 Å². The number of rotatable bonds is 2. The van der Waals surface area contributed by atoms with Gasteiger partial charge in [0.2, 0.25) is 0 Å². The second kappa shape index (κ2) is 5.80. The predicted molar refractivity (Wildman–Crippen MR) is 73.2 cm³/mol. The van der Waals surface area contributed by atoms with Crippen molar-refractivity contribution in [3.63, 3.8) is 0 Å². The number of halogens is 3. The molecule has 3 nitrogen and oxygen atoms in total. The van der Waals surface area contributed by atoms with E-state index in [1.54, 1.807) is 6.07 Å². The Kier molecular flexibility index (Phi) is 4.11. The number of carbonyl (C=O) groups excluding carboxylic acids is 1. The molecule has 0 fully saturated rings. The van der Waals surface area contributed by atoms with Crippen molar-refractivity contribution in [2.45, 2.75) is 0 Å². The highest BCUT2D eigenvalue weighted by molar-refractivity contribution is 9.10. The second-order valence-corrected chi connectivity index (χ2v) is 4.74. The molecule has 0 spiro atoms. The molecule has 1 amide bonds. The van der Waals surface area contributed by atoms with E-state index in [-0.39, 0.29) is 21.3 Å². The number of benzene rings is 2. The van der Waals surface area contributed by atoms with E-state index in [0.29, 0.717) is 0 Å². The molecule has 0 unspecified atom stereocenters. The molecule has 100 valence electrons. The maximum atomic E-state index is 13.1. The van der Waals surface area contributed by atoms with Crippen LogP contribution in [0.3, 0.4) is 0 Å². The number of nitrogens with zero attached hydrogens (tertiary/aromatic N) is 1. The van der Waals surface area contributed by atoms with Gasteiger partial charge in [0.1, 0.15) is 17.7 Å². The lowest BCUT2D eigenvalue weighted by Gasteiger charge is -2.07. The van der Waals surface area contributed by atoms with Crippen molar-refractivity contribution >= 4 is 27.5 Å². The fourth-order valence-corrected chi connectivity index (χ4v) is 1.93. The Morgan fingerprint density at radius 2 is 1.95 bits per heavy atom.